The second-order valence-electron chi connectivity index (χ2n) is 4.07. The monoisotopic (exact) mass is 256 g/mol. The molecule has 0 aliphatic rings. The Morgan fingerprint density at radius 2 is 2.12 bits per heavy atom. The van der Waals surface area contributed by atoms with Gasteiger partial charge in [0.1, 0.15) is 0 Å². The maximum Gasteiger partial charge on any atom is 0.252 e. The number of nitrogens with two attached hydrogens (primary N) is 1. The van der Waals surface area contributed by atoms with Crippen molar-refractivity contribution < 1.29 is 4.79 Å². The third kappa shape index (κ3) is 3.02. The van der Waals surface area contributed by atoms with Crippen molar-refractivity contribution in [2.75, 3.05) is 0 Å². The van der Waals surface area contributed by atoms with E-state index in [1.165, 1.54) is 11.3 Å². The molecule has 1 atom stereocenters. The molecule has 0 aliphatic carbocycles. The van der Waals surface area contributed by atoms with Crippen molar-refractivity contribution in [3.8, 4) is 0 Å². The second-order valence-corrected chi connectivity index (χ2v) is 5.28. The maximum atomic E-state index is 11.9. The molecule has 1 amide bonds. The number of hydrogen-bond acceptors (Lipinski definition) is 3. The van der Waals surface area contributed by atoms with Crippen molar-refractivity contribution in [1.29, 1.82) is 0 Å². The molecule has 0 saturated carbocycles. The Morgan fingerprint density at radius 1 is 1.50 bits per heavy atom. The van der Waals surface area contributed by atoms with Crippen molar-refractivity contribution in [3.05, 3.63) is 21.9 Å². The van der Waals surface area contributed by atoms with Gasteiger partial charge in [0.15, 0.2) is 0 Å². The first-order valence-electron chi connectivity index (χ1n) is 5.06. The number of nitrogens with one attached hydrogen (secondary N) is 1. The minimum Gasteiger partial charge on any atom is -0.392 e. The Hall–Kier alpha value is -0.940. The summed E-state index contributed by atoms with van der Waals surface area (Å²) in [5, 5.41) is 6.64. The zero-order chi connectivity index (χ0) is 12.3. The summed E-state index contributed by atoms with van der Waals surface area (Å²) in [5.74, 6) is 0.0886. The zero-order valence-corrected chi connectivity index (χ0v) is 11.2. The molecule has 0 bridgehead atoms. The van der Waals surface area contributed by atoms with Crippen LogP contribution in [0.3, 0.4) is 0 Å². The normalized spacial score (nSPS) is 12.5. The lowest BCUT2D eigenvalue weighted by molar-refractivity contribution is 0.0940. The predicted molar refractivity (Wildman–Crippen MR) is 71.9 cm³/mol. The number of aryl methyl sites for hydroxylation is 1. The molecule has 0 fully saturated rings. The van der Waals surface area contributed by atoms with E-state index >= 15 is 0 Å². The van der Waals surface area contributed by atoms with E-state index in [0.29, 0.717) is 10.6 Å². The van der Waals surface area contributed by atoms with Gasteiger partial charge in [0.25, 0.3) is 5.91 Å². The van der Waals surface area contributed by atoms with E-state index in [1.54, 1.807) is 0 Å². The van der Waals surface area contributed by atoms with Crippen LogP contribution in [0.4, 0.5) is 0 Å². The molecule has 0 aromatic carbocycles. The zero-order valence-electron chi connectivity index (χ0n) is 9.61. The van der Waals surface area contributed by atoms with Gasteiger partial charge >= 0.3 is 0 Å². The predicted octanol–water partition coefficient (Wildman–Crippen LogP) is 2.10. The molecule has 1 rings (SSSR count). The molecule has 5 heteroatoms. The van der Waals surface area contributed by atoms with E-state index in [9.17, 15) is 4.79 Å². The van der Waals surface area contributed by atoms with E-state index in [4.69, 9.17) is 18.0 Å². The topological polar surface area (TPSA) is 55.1 Å². The Kier molecular flexibility index (Phi) is 4.44. The largest absolute Gasteiger partial charge is 0.392 e. The van der Waals surface area contributed by atoms with Gasteiger partial charge in [0.05, 0.1) is 16.6 Å². The summed E-state index contributed by atoms with van der Waals surface area (Å²) in [6, 6.07) is -0.248. The molecular weight excluding hydrogens is 240 g/mol. The SMILES string of the molecule is Cc1cscc1C(=O)NC(C(N)=S)C(C)C. The van der Waals surface area contributed by atoms with Crippen LogP contribution in [0, 0.1) is 12.8 Å². The quantitative estimate of drug-likeness (QED) is 0.811. The smallest absolute Gasteiger partial charge is 0.252 e. The van der Waals surface area contributed by atoms with Crippen molar-refractivity contribution in [2.45, 2.75) is 26.8 Å². The molecule has 88 valence electrons. The number of hydrogen-bond donors (Lipinski definition) is 2. The highest BCUT2D eigenvalue weighted by Crippen LogP contribution is 2.14. The molecule has 0 aliphatic heterocycles. The average Bonchev–Trinajstić information content (AvgIpc) is 2.59. The van der Waals surface area contributed by atoms with Gasteiger partial charge in [-0.25, -0.2) is 0 Å². The molecule has 0 spiro atoms. The van der Waals surface area contributed by atoms with Crippen LogP contribution in [0.1, 0.15) is 29.8 Å². The summed E-state index contributed by atoms with van der Waals surface area (Å²) in [5.41, 5.74) is 7.28. The third-order valence-electron chi connectivity index (χ3n) is 2.36. The number of carbonyl (C=O) groups is 1. The van der Waals surface area contributed by atoms with Crippen LogP contribution in [-0.4, -0.2) is 16.9 Å². The summed E-state index contributed by atoms with van der Waals surface area (Å²) in [6.07, 6.45) is 0. The van der Waals surface area contributed by atoms with Gasteiger partial charge in [-0.05, 0) is 23.8 Å². The minimum absolute atomic E-state index is 0.106. The highest BCUT2D eigenvalue weighted by Gasteiger charge is 2.20. The second kappa shape index (κ2) is 5.41. The lowest BCUT2D eigenvalue weighted by atomic mass is 10.0. The van der Waals surface area contributed by atoms with Crippen LogP contribution in [0.5, 0.6) is 0 Å². The molecular formula is C11H16N2OS2. The molecule has 1 heterocycles. The lowest BCUT2D eigenvalue weighted by Crippen LogP contribution is -2.46. The Labute approximate surface area is 105 Å². The van der Waals surface area contributed by atoms with E-state index in [0.717, 1.165) is 5.56 Å². The maximum absolute atomic E-state index is 11.9. The fourth-order valence-corrected chi connectivity index (χ4v) is 2.54. The number of amides is 1. The van der Waals surface area contributed by atoms with Crippen LogP contribution < -0.4 is 11.1 Å². The third-order valence-corrected chi connectivity index (χ3v) is 3.48. The molecule has 3 nitrogen and oxygen atoms in total. The number of thiocarbonyl (C=S) groups is 1. The summed E-state index contributed by atoms with van der Waals surface area (Å²) >= 11 is 6.45. The summed E-state index contributed by atoms with van der Waals surface area (Å²) in [7, 11) is 0. The highest BCUT2D eigenvalue weighted by molar-refractivity contribution is 7.80. The average molecular weight is 256 g/mol. The molecule has 1 aromatic heterocycles. The van der Waals surface area contributed by atoms with Crippen molar-refractivity contribution >= 4 is 34.5 Å². The first-order chi connectivity index (χ1) is 7.43. The van der Waals surface area contributed by atoms with Crippen LogP contribution in [0.25, 0.3) is 0 Å². The Balaban J connectivity index is 2.77. The Bertz CT molecular complexity index is 398. The van der Waals surface area contributed by atoms with Crippen LogP contribution in [0.2, 0.25) is 0 Å². The fraction of sp³-hybridized carbons (Fsp3) is 0.455. The van der Waals surface area contributed by atoms with Crippen LogP contribution in [-0.2, 0) is 0 Å². The molecule has 1 aromatic rings. The van der Waals surface area contributed by atoms with Gasteiger partial charge in [0, 0.05) is 5.38 Å². The van der Waals surface area contributed by atoms with Crippen molar-refractivity contribution in [1.82, 2.24) is 5.32 Å². The molecule has 1 unspecified atom stereocenters. The van der Waals surface area contributed by atoms with Crippen molar-refractivity contribution in [3.63, 3.8) is 0 Å². The van der Waals surface area contributed by atoms with E-state index in [2.05, 4.69) is 5.32 Å². The van der Waals surface area contributed by atoms with Crippen LogP contribution in [0.15, 0.2) is 10.8 Å². The number of rotatable bonds is 4. The molecule has 0 radical (unpaired) electrons. The fourth-order valence-electron chi connectivity index (χ4n) is 1.38. The Morgan fingerprint density at radius 3 is 2.50 bits per heavy atom. The van der Waals surface area contributed by atoms with Gasteiger partial charge in [-0.2, -0.15) is 11.3 Å². The van der Waals surface area contributed by atoms with Gasteiger partial charge in [-0.1, -0.05) is 26.1 Å². The van der Waals surface area contributed by atoms with E-state index in [-0.39, 0.29) is 17.9 Å². The first kappa shape index (κ1) is 13.1. The van der Waals surface area contributed by atoms with Crippen molar-refractivity contribution in [2.24, 2.45) is 11.7 Å². The standard InChI is InChI=1S/C11H16N2OS2/c1-6(2)9(10(12)15)13-11(14)8-5-16-4-7(8)3/h4-6,9H,1-3H3,(H2,12,15)(H,13,14). The van der Waals surface area contributed by atoms with E-state index in [1.807, 2.05) is 31.5 Å². The van der Waals surface area contributed by atoms with Crippen LogP contribution >= 0.6 is 23.6 Å². The molecule has 3 N–H and O–H groups in total. The minimum atomic E-state index is -0.248. The summed E-state index contributed by atoms with van der Waals surface area (Å²) in [6.45, 7) is 5.87. The molecule has 0 saturated heterocycles. The number of thiophene rings is 1. The highest BCUT2D eigenvalue weighted by atomic mass is 32.1. The summed E-state index contributed by atoms with van der Waals surface area (Å²) in [4.78, 5) is 12.3. The van der Waals surface area contributed by atoms with Gasteiger partial charge in [-0.3, -0.25) is 4.79 Å². The molecule has 16 heavy (non-hydrogen) atoms. The van der Waals surface area contributed by atoms with E-state index < -0.39 is 0 Å². The van der Waals surface area contributed by atoms with Gasteiger partial charge in [0.2, 0.25) is 0 Å². The lowest BCUT2D eigenvalue weighted by Gasteiger charge is -2.20. The van der Waals surface area contributed by atoms with Gasteiger partial charge in [-0.15, -0.1) is 0 Å². The number of carbonyl (C=O) groups excluding carboxylic acids is 1. The van der Waals surface area contributed by atoms with Gasteiger partial charge < -0.3 is 11.1 Å². The summed E-state index contributed by atoms with van der Waals surface area (Å²) < 4.78 is 0. The first-order valence-corrected chi connectivity index (χ1v) is 6.41.